The summed E-state index contributed by atoms with van der Waals surface area (Å²) in [6.07, 6.45) is 0.0565. The van der Waals surface area contributed by atoms with Gasteiger partial charge in [0.2, 0.25) is 0 Å². The fraction of sp³-hybridized carbons (Fsp3) is 0.304. The highest BCUT2D eigenvalue weighted by Gasteiger charge is 2.20. The van der Waals surface area contributed by atoms with Crippen LogP contribution in [0.5, 0.6) is 0 Å². The van der Waals surface area contributed by atoms with Gasteiger partial charge in [-0.25, -0.2) is 9.07 Å². The van der Waals surface area contributed by atoms with Gasteiger partial charge in [0, 0.05) is 30.0 Å². The van der Waals surface area contributed by atoms with E-state index in [9.17, 15) is 18.8 Å². The number of Topliss-reactive ketones (excluding diaryl/α,β-unsaturated/α-hetero) is 1. The minimum Gasteiger partial charge on any atom is -0.348 e. The standard InChI is InChI=1S/C23H24FN3O3/c1-14(2)13-27-23(30)19-7-5-4-6-18(19)21(26-27)22(29)25-15(3)12-20(28)16-8-10-17(24)11-9-16/h4-11,14-15H,12-13H2,1-3H3,(H,25,29)/t15-/m0/s1. The number of aromatic nitrogens is 2. The molecule has 1 aromatic heterocycles. The molecule has 1 amide bonds. The first kappa shape index (κ1) is 21.4. The summed E-state index contributed by atoms with van der Waals surface area (Å²) < 4.78 is 14.4. The molecule has 0 unspecified atom stereocenters. The van der Waals surface area contributed by atoms with E-state index in [1.807, 2.05) is 13.8 Å². The number of benzene rings is 2. The summed E-state index contributed by atoms with van der Waals surface area (Å²) >= 11 is 0. The van der Waals surface area contributed by atoms with E-state index in [4.69, 9.17) is 0 Å². The SMILES string of the molecule is CC(C)Cn1nc(C(=O)N[C@@H](C)CC(=O)c2ccc(F)cc2)c2ccccc2c1=O. The zero-order valence-corrected chi connectivity index (χ0v) is 17.2. The minimum atomic E-state index is -0.471. The van der Waals surface area contributed by atoms with Crippen LogP contribution in [0.3, 0.4) is 0 Å². The Morgan fingerprint density at radius 3 is 2.30 bits per heavy atom. The van der Waals surface area contributed by atoms with Crippen LogP contribution in [0.1, 0.15) is 48.0 Å². The Morgan fingerprint density at radius 2 is 1.67 bits per heavy atom. The minimum absolute atomic E-state index is 0.0565. The normalized spacial score (nSPS) is 12.2. The molecule has 7 heteroatoms. The van der Waals surface area contributed by atoms with E-state index in [-0.39, 0.29) is 29.4 Å². The lowest BCUT2D eigenvalue weighted by Crippen LogP contribution is -2.37. The van der Waals surface area contributed by atoms with Crippen molar-refractivity contribution in [1.82, 2.24) is 15.1 Å². The van der Waals surface area contributed by atoms with E-state index in [1.165, 1.54) is 28.9 Å². The molecule has 0 aliphatic heterocycles. The number of fused-ring (bicyclic) bond motifs is 1. The smallest absolute Gasteiger partial charge is 0.274 e. The highest BCUT2D eigenvalue weighted by molar-refractivity contribution is 6.05. The van der Waals surface area contributed by atoms with Crippen molar-refractivity contribution >= 4 is 22.5 Å². The molecule has 30 heavy (non-hydrogen) atoms. The molecule has 0 aliphatic rings. The lowest BCUT2D eigenvalue weighted by molar-refractivity contribution is 0.0913. The zero-order chi connectivity index (χ0) is 21.8. The van der Waals surface area contributed by atoms with Gasteiger partial charge in [-0.1, -0.05) is 32.0 Å². The molecule has 0 aliphatic carbocycles. The van der Waals surface area contributed by atoms with E-state index in [2.05, 4.69) is 10.4 Å². The molecule has 1 atom stereocenters. The summed E-state index contributed by atoms with van der Waals surface area (Å²) in [5, 5.41) is 7.99. The number of ketones is 1. The maximum atomic E-state index is 13.0. The van der Waals surface area contributed by atoms with Gasteiger partial charge in [0.1, 0.15) is 5.82 Å². The molecule has 6 nitrogen and oxygen atoms in total. The number of hydrogen-bond acceptors (Lipinski definition) is 4. The van der Waals surface area contributed by atoms with Crippen LogP contribution in [0.4, 0.5) is 4.39 Å². The summed E-state index contributed by atoms with van der Waals surface area (Å²) in [5.74, 6) is -0.893. The van der Waals surface area contributed by atoms with Crippen LogP contribution >= 0.6 is 0 Å². The Labute approximate surface area is 173 Å². The maximum Gasteiger partial charge on any atom is 0.274 e. The first-order chi connectivity index (χ1) is 14.3. The Hall–Kier alpha value is -3.35. The molecule has 2 aromatic carbocycles. The molecule has 0 bridgehead atoms. The van der Waals surface area contributed by atoms with E-state index in [0.717, 1.165) is 0 Å². The Bertz CT molecular complexity index is 1140. The van der Waals surface area contributed by atoms with E-state index >= 15 is 0 Å². The van der Waals surface area contributed by atoms with E-state index < -0.39 is 17.8 Å². The van der Waals surface area contributed by atoms with Crippen LogP contribution in [-0.4, -0.2) is 27.5 Å². The molecule has 3 aromatic rings. The van der Waals surface area contributed by atoms with Gasteiger partial charge in [0.15, 0.2) is 11.5 Å². The second kappa shape index (κ2) is 8.98. The first-order valence-electron chi connectivity index (χ1n) is 9.85. The lowest BCUT2D eigenvalue weighted by atomic mass is 10.0. The Morgan fingerprint density at radius 1 is 1.03 bits per heavy atom. The fourth-order valence-corrected chi connectivity index (χ4v) is 3.25. The molecule has 0 saturated heterocycles. The molecule has 0 spiro atoms. The van der Waals surface area contributed by atoms with Crippen LogP contribution in [0.25, 0.3) is 10.8 Å². The van der Waals surface area contributed by atoms with E-state index in [1.54, 1.807) is 31.2 Å². The number of amides is 1. The fourth-order valence-electron chi connectivity index (χ4n) is 3.25. The van der Waals surface area contributed by atoms with Crippen molar-refractivity contribution < 1.29 is 14.0 Å². The van der Waals surface area contributed by atoms with Crippen LogP contribution in [0.2, 0.25) is 0 Å². The number of carbonyl (C=O) groups is 2. The summed E-state index contributed by atoms with van der Waals surface area (Å²) in [6, 6.07) is 11.7. The summed E-state index contributed by atoms with van der Waals surface area (Å²) in [5.41, 5.74) is 0.286. The highest BCUT2D eigenvalue weighted by Crippen LogP contribution is 2.15. The lowest BCUT2D eigenvalue weighted by Gasteiger charge is -2.16. The molecule has 0 radical (unpaired) electrons. The zero-order valence-electron chi connectivity index (χ0n) is 17.2. The quantitative estimate of drug-likeness (QED) is 0.605. The molecular weight excluding hydrogens is 385 g/mol. The largest absolute Gasteiger partial charge is 0.348 e. The van der Waals surface area contributed by atoms with Gasteiger partial charge in [-0.3, -0.25) is 14.4 Å². The van der Waals surface area contributed by atoms with Gasteiger partial charge in [-0.15, -0.1) is 0 Å². The number of nitrogens with one attached hydrogen (secondary N) is 1. The number of carbonyl (C=O) groups excluding carboxylic acids is 2. The Kier molecular flexibility index (Phi) is 6.40. The van der Waals surface area contributed by atoms with Gasteiger partial charge in [-0.05, 0) is 43.2 Å². The van der Waals surface area contributed by atoms with Gasteiger partial charge in [-0.2, -0.15) is 5.10 Å². The van der Waals surface area contributed by atoms with Crippen molar-refractivity contribution in [2.24, 2.45) is 5.92 Å². The highest BCUT2D eigenvalue weighted by atomic mass is 19.1. The van der Waals surface area contributed by atoms with Gasteiger partial charge in [0.25, 0.3) is 11.5 Å². The van der Waals surface area contributed by atoms with Crippen molar-refractivity contribution in [1.29, 1.82) is 0 Å². The molecule has 0 saturated carbocycles. The molecular formula is C23H24FN3O3. The molecule has 1 N–H and O–H groups in total. The topological polar surface area (TPSA) is 81.1 Å². The number of rotatable bonds is 7. The van der Waals surface area contributed by atoms with Crippen LogP contribution in [-0.2, 0) is 6.54 Å². The van der Waals surface area contributed by atoms with Gasteiger partial charge < -0.3 is 5.32 Å². The number of halogens is 1. The maximum absolute atomic E-state index is 13.0. The van der Waals surface area contributed by atoms with E-state index in [0.29, 0.717) is 22.9 Å². The Balaban J connectivity index is 1.83. The molecule has 1 heterocycles. The average Bonchev–Trinajstić information content (AvgIpc) is 2.70. The summed E-state index contributed by atoms with van der Waals surface area (Å²) in [6.45, 7) is 6.03. The second-order valence-electron chi connectivity index (χ2n) is 7.78. The average molecular weight is 409 g/mol. The third-order valence-corrected chi connectivity index (χ3v) is 4.66. The molecule has 3 rings (SSSR count). The number of nitrogens with zero attached hydrogens (tertiary/aromatic N) is 2. The van der Waals surface area contributed by atoms with Crippen molar-refractivity contribution in [2.75, 3.05) is 0 Å². The number of hydrogen-bond donors (Lipinski definition) is 1. The molecule has 156 valence electrons. The van der Waals surface area contributed by atoms with Crippen molar-refractivity contribution in [3.05, 3.63) is 76.0 Å². The predicted molar refractivity (Wildman–Crippen MR) is 113 cm³/mol. The van der Waals surface area contributed by atoms with Crippen LogP contribution in [0, 0.1) is 11.7 Å². The monoisotopic (exact) mass is 409 g/mol. The van der Waals surface area contributed by atoms with Crippen molar-refractivity contribution in [3.63, 3.8) is 0 Å². The van der Waals surface area contributed by atoms with Crippen LogP contribution in [0.15, 0.2) is 53.3 Å². The summed E-state index contributed by atoms with van der Waals surface area (Å²) in [4.78, 5) is 38.0. The van der Waals surface area contributed by atoms with Gasteiger partial charge >= 0.3 is 0 Å². The van der Waals surface area contributed by atoms with Crippen molar-refractivity contribution in [3.8, 4) is 0 Å². The van der Waals surface area contributed by atoms with Crippen LogP contribution < -0.4 is 10.9 Å². The molecule has 0 fully saturated rings. The van der Waals surface area contributed by atoms with Crippen molar-refractivity contribution in [2.45, 2.75) is 39.8 Å². The first-order valence-corrected chi connectivity index (χ1v) is 9.85. The predicted octanol–water partition coefficient (Wildman–Crippen LogP) is 3.58. The second-order valence-corrected chi connectivity index (χ2v) is 7.78. The third kappa shape index (κ3) is 4.79. The third-order valence-electron chi connectivity index (χ3n) is 4.66. The van der Waals surface area contributed by atoms with Gasteiger partial charge in [0.05, 0.1) is 5.39 Å². The summed E-state index contributed by atoms with van der Waals surface area (Å²) in [7, 11) is 0.